The zero-order valence-electron chi connectivity index (χ0n) is 10.1. The Morgan fingerprint density at radius 3 is 2.13 bits per heavy atom. The van der Waals surface area contributed by atoms with Crippen LogP contribution >= 0.6 is 11.8 Å². The zero-order chi connectivity index (χ0) is 11.4. The van der Waals surface area contributed by atoms with Crippen molar-refractivity contribution < 1.29 is 0 Å². The van der Waals surface area contributed by atoms with Gasteiger partial charge in [0.25, 0.3) is 0 Å². The topological polar surface area (TPSA) is 26.0 Å². The molecule has 0 saturated heterocycles. The van der Waals surface area contributed by atoms with Crippen LogP contribution in [-0.2, 0) is 5.75 Å². The van der Waals surface area contributed by atoms with E-state index in [0.29, 0.717) is 5.25 Å². The fourth-order valence-electron chi connectivity index (χ4n) is 1.53. The highest BCUT2D eigenvalue weighted by molar-refractivity contribution is 7.99. The van der Waals surface area contributed by atoms with Gasteiger partial charge in [0.2, 0.25) is 0 Å². The molecule has 0 heterocycles. The van der Waals surface area contributed by atoms with Crippen molar-refractivity contribution >= 4 is 11.8 Å². The summed E-state index contributed by atoms with van der Waals surface area (Å²) >= 11 is 1.93. The van der Waals surface area contributed by atoms with Gasteiger partial charge in [0.1, 0.15) is 0 Å². The Bertz CT molecular complexity index is 300. The number of aryl methyl sites for hydroxylation is 2. The highest BCUT2D eigenvalue weighted by atomic mass is 32.2. The van der Waals surface area contributed by atoms with E-state index in [1.165, 1.54) is 16.7 Å². The summed E-state index contributed by atoms with van der Waals surface area (Å²) in [7, 11) is 0. The van der Waals surface area contributed by atoms with E-state index in [1.807, 2.05) is 11.8 Å². The monoisotopic (exact) mass is 223 g/mol. The quantitative estimate of drug-likeness (QED) is 0.848. The van der Waals surface area contributed by atoms with Crippen molar-refractivity contribution in [3.8, 4) is 0 Å². The van der Waals surface area contributed by atoms with Gasteiger partial charge in [-0.15, -0.1) is 0 Å². The predicted molar refractivity (Wildman–Crippen MR) is 70.3 cm³/mol. The van der Waals surface area contributed by atoms with Crippen LogP contribution in [0, 0.1) is 13.8 Å². The molecule has 15 heavy (non-hydrogen) atoms. The first-order valence-electron chi connectivity index (χ1n) is 5.43. The Balaban J connectivity index is 2.57. The van der Waals surface area contributed by atoms with Crippen molar-refractivity contribution in [2.75, 3.05) is 0 Å². The van der Waals surface area contributed by atoms with Crippen LogP contribution in [-0.4, -0.2) is 11.3 Å². The average Bonchev–Trinajstić information content (AvgIpc) is 2.12. The lowest BCUT2D eigenvalue weighted by molar-refractivity contribution is 0.730. The highest BCUT2D eigenvalue weighted by Crippen LogP contribution is 2.20. The third kappa shape index (κ3) is 4.27. The molecule has 1 aromatic rings. The third-order valence-electron chi connectivity index (χ3n) is 2.53. The molecule has 2 N–H and O–H groups in total. The molecule has 1 aromatic carbocycles. The molecule has 0 amide bonds. The molecule has 0 bridgehead atoms. The minimum atomic E-state index is 0.265. The summed E-state index contributed by atoms with van der Waals surface area (Å²) in [6.07, 6.45) is 0. The van der Waals surface area contributed by atoms with Gasteiger partial charge in [-0.3, -0.25) is 0 Å². The Kier molecular flexibility index (Phi) is 4.68. The molecule has 0 aliphatic heterocycles. The minimum Gasteiger partial charge on any atom is -0.327 e. The molecule has 2 heteroatoms. The Labute approximate surface area is 97.4 Å². The molecule has 0 saturated carbocycles. The zero-order valence-corrected chi connectivity index (χ0v) is 10.9. The second kappa shape index (κ2) is 5.57. The van der Waals surface area contributed by atoms with Gasteiger partial charge in [-0.1, -0.05) is 36.2 Å². The first-order chi connectivity index (χ1) is 6.99. The maximum absolute atomic E-state index is 5.84. The van der Waals surface area contributed by atoms with Crippen LogP contribution < -0.4 is 5.73 Å². The SMILES string of the molecule is Cc1cc(C)cc(CSC(C)C(C)N)c1. The maximum atomic E-state index is 5.84. The smallest absolute Gasteiger partial charge is 0.0188 e. The van der Waals surface area contributed by atoms with Crippen LogP contribution in [0.1, 0.15) is 30.5 Å². The van der Waals surface area contributed by atoms with Crippen molar-refractivity contribution in [3.05, 3.63) is 34.9 Å². The van der Waals surface area contributed by atoms with E-state index in [4.69, 9.17) is 5.73 Å². The van der Waals surface area contributed by atoms with Crippen LogP contribution in [0.25, 0.3) is 0 Å². The van der Waals surface area contributed by atoms with E-state index >= 15 is 0 Å². The van der Waals surface area contributed by atoms with Crippen LogP contribution in [0.2, 0.25) is 0 Å². The number of thioether (sulfide) groups is 1. The molecule has 0 fully saturated rings. The van der Waals surface area contributed by atoms with E-state index in [2.05, 4.69) is 45.9 Å². The summed E-state index contributed by atoms with van der Waals surface area (Å²) in [5.41, 5.74) is 9.94. The number of hydrogen-bond donors (Lipinski definition) is 1. The second-order valence-electron chi connectivity index (χ2n) is 4.37. The van der Waals surface area contributed by atoms with E-state index in [9.17, 15) is 0 Å². The van der Waals surface area contributed by atoms with Gasteiger partial charge < -0.3 is 5.73 Å². The van der Waals surface area contributed by atoms with Crippen molar-refractivity contribution in [1.82, 2.24) is 0 Å². The van der Waals surface area contributed by atoms with Gasteiger partial charge >= 0.3 is 0 Å². The molecule has 0 aromatic heterocycles. The first kappa shape index (κ1) is 12.6. The molecule has 0 aliphatic carbocycles. The van der Waals surface area contributed by atoms with Crippen LogP contribution in [0.15, 0.2) is 18.2 Å². The molecule has 1 nitrogen and oxygen atoms in total. The first-order valence-corrected chi connectivity index (χ1v) is 6.48. The van der Waals surface area contributed by atoms with E-state index in [1.54, 1.807) is 0 Å². The Hall–Kier alpha value is -0.470. The molecule has 0 aliphatic rings. The lowest BCUT2D eigenvalue weighted by atomic mass is 10.1. The van der Waals surface area contributed by atoms with E-state index < -0.39 is 0 Å². The molecule has 1 rings (SSSR count). The molecule has 2 unspecified atom stereocenters. The van der Waals surface area contributed by atoms with Crippen molar-refractivity contribution in [2.24, 2.45) is 5.73 Å². The number of benzene rings is 1. The van der Waals surface area contributed by atoms with Gasteiger partial charge in [0.15, 0.2) is 0 Å². The molecule has 84 valence electrons. The fraction of sp³-hybridized carbons (Fsp3) is 0.538. The van der Waals surface area contributed by atoms with Gasteiger partial charge in [-0.25, -0.2) is 0 Å². The van der Waals surface area contributed by atoms with Crippen LogP contribution in [0.4, 0.5) is 0 Å². The van der Waals surface area contributed by atoms with Gasteiger partial charge in [0, 0.05) is 17.0 Å². The summed E-state index contributed by atoms with van der Waals surface area (Å²) in [5, 5.41) is 0.519. The lowest BCUT2D eigenvalue weighted by Crippen LogP contribution is -2.26. The molecule has 0 radical (unpaired) electrons. The Morgan fingerprint density at radius 2 is 1.67 bits per heavy atom. The van der Waals surface area contributed by atoms with Crippen molar-refractivity contribution in [1.29, 1.82) is 0 Å². The van der Waals surface area contributed by atoms with Crippen molar-refractivity contribution in [3.63, 3.8) is 0 Å². The minimum absolute atomic E-state index is 0.265. The summed E-state index contributed by atoms with van der Waals surface area (Å²) in [6, 6.07) is 6.99. The highest BCUT2D eigenvalue weighted by Gasteiger charge is 2.07. The van der Waals surface area contributed by atoms with Gasteiger partial charge in [0.05, 0.1) is 0 Å². The molecule has 0 spiro atoms. The number of hydrogen-bond acceptors (Lipinski definition) is 2. The van der Waals surface area contributed by atoms with E-state index in [0.717, 1.165) is 5.75 Å². The molecular formula is C13H21NS. The third-order valence-corrected chi connectivity index (χ3v) is 3.99. The normalized spacial score (nSPS) is 15.0. The van der Waals surface area contributed by atoms with E-state index in [-0.39, 0.29) is 6.04 Å². The molecular weight excluding hydrogens is 202 g/mol. The summed E-state index contributed by atoms with van der Waals surface area (Å²) in [6.45, 7) is 8.56. The van der Waals surface area contributed by atoms with Crippen molar-refractivity contribution in [2.45, 2.75) is 44.7 Å². The van der Waals surface area contributed by atoms with Gasteiger partial charge in [-0.2, -0.15) is 11.8 Å². The molecule has 2 atom stereocenters. The predicted octanol–water partition coefficient (Wildman–Crippen LogP) is 3.27. The van der Waals surface area contributed by atoms with Gasteiger partial charge in [-0.05, 0) is 26.3 Å². The standard InChI is InChI=1S/C13H21NS/c1-9-5-10(2)7-13(6-9)8-15-12(4)11(3)14/h5-7,11-12H,8,14H2,1-4H3. The maximum Gasteiger partial charge on any atom is 0.0188 e. The average molecular weight is 223 g/mol. The summed E-state index contributed by atoms with van der Waals surface area (Å²) < 4.78 is 0. The largest absolute Gasteiger partial charge is 0.327 e. The number of nitrogens with two attached hydrogens (primary N) is 1. The van der Waals surface area contributed by atoms with Crippen LogP contribution in [0.3, 0.4) is 0 Å². The fourth-order valence-corrected chi connectivity index (χ4v) is 2.46. The second-order valence-corrected chi connectivity index (χ2v) is 5.74. The lowest BCUT2D eigenvalue weighted by Gasteiger charge is -2.15. The Morgan fingerprint density at radius 1 is 1.13 bits per heavy atom. The number of rotatable bonds is 4. The summed E-state index contributed by atoms with van der Waals surface area (Å²) in [5.74, 6) is 1.06. The summed E-state index contributed by atoms with van der Waals surface area (Å²) in [4.78, 5) is 0. The van der Waals surface area contributed by atoms with Crippen LogP contribution in [0.5, 0.6) is 0 Å².